The second-order valence-electron chi connectivity index (χ2n) is 13.2. The molecule has 1 heterocycles. The molecule has 0 aliphatic rings. The molecule has 2 amide bonds. The average molecular weight is 731 g/mol. The van der Waals surface area contributed by atoms with Gasteiger partial charge in [-0.2, -0.15) is 0 Å². The highest BCUT2D eigenvalue weighted by atomic mass is 32.2. The summed E-state index contributed by atoms with van der Waals surface area (Å²) in [6.45, 7) is 9.74. The topological polar surface area (TPSA) is 145 Å². The first-order valence-corrected chi connectivity index (χ1v) is 20.3. The molecule has 268 valence electrons. The Morgan fingerprint density at radius 2 is 1.61 bits per heavy atom. The van der Waals surface area contributed by atoms with Crippen LogP contribution in [0, 0.1) is 0 Å². The number of hydrogen-bond donors (Lipinski definition) is 3. The maximum Gasteiger partial charge on any atom is 0.323 e. The normalized spacial score (nSPS) is 12.9. The van der Waals surface area contributed by atoms with Gasteiger partial charge in [0.2, 0.25) is 17.4 Å². The van der Waals surface area contributed by atoms with E-state index in [4.69, 9.17) is 14.0 Å². The van der Waals surface area contributed by atoms with E-state index in [1.54, 1.807) is 63.3 Å². The first kappa shape index (κ1) is 37.4. The number of methoxy groups -OCH3 is 1. The second kappa shape index (κ2) is 15.1. The minimum absolute atomic E-state index is 0.297. The van der Waals surface area contributed by atoms with Gasteiger partial charge in [0, 0.05) is 47.5 Å². The van der Waals surface area contributed by atoms with Crippen molar-refractivity contribution in [2.24, 2.45) is 0 Å². The van der Waals surface area contributed by atoms with Crippen LogP contribution >= 0.6 is 7.37 Å². The lowest BCUT2D eigenvalue weighted by molar-refractivity contribution is 0.262. The SMILES string of the molecule is CCOP(C)(=O)c1ccc(Cc2cc(Oc3ccc(NC(=O)Nc4cc(NS(C)(=O)=O)cc(C(C)(C)C)c4)c4ccccc34)ccn2)cc1OC. The van der Waals surface area contributed by atoms with E-state index in [2.05, 4.69) is 20.3 Å². The number of nitrogens with one attached hydrogen (secondary N) is 3. The zero-order valence-electron chi connectivity index (χ0n) is 29.7. The van der Waals surface area contributed by atoms with Gasteiger partial charge in [-0.05, 0) is 72.0 Å². The summed E-state index contributed by atoms with van der Waals surface area (Å²) >= 11 is 0. The van der Waals surface area contributed by atoms with Crippen LogP contribution in [-0.2, 0) is 30.9 Å². The Kier molecular flexibility index (Phi) is 11.1. The third kappa shape index (κ3) is 9.67. The fourth-order valence-electron chi connectivity index (χ4n) is 5.60. The lowest BCUT2D eigenvalue weighted by Crippen LogP contribution is -2.21. The monoisotopic (exact) mass is 730 g/mol. The van der Waals surface area contributed by atoms with Crippen molar-refractivity contribution in [1.82, 2.24) is 4.98 Å². The third-order valence-electron chi connectivity index (χ3n) is 7.95. The van der Waals surface area contributed by atoms with E-state index < -0.39 is 23.4 Å². The number of fused-ring (bicyclic) bond motifs is 1. The number of amides is 2. The number of benzene rings is 4. The Bertz CT molecular complexity index is 2240. The molecule has 1 aromatic heterocycles. The molecular weight excluding hydrogens is 687 g/mol. The molecule has 1 unspecified atom stereocenters. The number of aromatic nitrogens is 1. The summed E-state index contributed by atoms with van der Waals surface area (Å²) in [6, 6.07) is 24.9. The molecular formula is C38H43N4O7PS. The first-order valence-electron chi connectivity index (χ1n) is 16.3. The summed E-state index contributed by atoms with van der Waals surface area (Å²) in [6.07, 6.45) is 3.25. The van der Waals surface area contributed by atoms with Crippen molar-refractivity contribution in [3.8, 4) is 17.2 Å². The number of carbonyl (C=O) groups excluding carboxylic acids is 1. The molecule has 0 fully saturated rings. The lowest BCUT2D eigenvalue weighted by Gasteiger charge is -2.22. The smallest absolute Gasteiger partial charge is 0.323 e. The number of carbonyl (C=O) groups is 1. The molecule has 0 aliphatic heterocycles. The van der Waals surface area contributed by atoms with Gasteiger partial charge >= 0.3 is 6.03 Å². The van der Waals surface area contributed by atoms with Gasteiger partial charge < -0.3 is 24.6 Å². The van der Waals surface area contributed by atoms with Gasteiger partial charge in [0.15, 0.2) is 0 Å². The standard InChI is InChI=1S/C38H43N4O7PS/c1-8-48-50(6,44)36-16-13-25(20-35(36)47-5)19-27-24-30(17-18-39-27)49-34-15-14-33(31-11-9-10-12-32(31)34)41-37(43)40-28-21-26(38(2,3)4)22-29(23-28)42-51(7,45)46/h9-18,20-24,42H,8,19H2,1-7H3,(H2,40,41,43). The number of hydrogen-bond acceptors (Lipinski definition) is 8. The van der Waals surface area contributed by atoms with Gasteiger partial charge in [0.05, 0.1) is 36.7 Å². The number of rotatable bonds is 12. The molecule has 0 spiro atoms. The molecule has 5 rings (SSSR count). The summed E-state index contributed by atoms with van der Waals surface area (Å²) in [5.74, 6) is 1.67. The Labute approximate surface area is 299 Å². The number of urea groups is 1. The van der Waals surface area contributed by atoms with Crippen molar-refractivity contribution in [1.29, 1.82) is 0 Å². The summed E-state index contributed by atoms with van der Waals surface area (Å²) in [7, 11) is -5.00. The maximum absolute atomic E-state index is 13.3. The summed E-state index contributed by atoms with van der Waals surface area (Å²) in [4.78, 5) is 17.8. The molecule has 0 bridgehead atoms. The van der Waals surface area contributed by atoms with Crippen molar-refractivity contribution >= 4 is 56.6 Å². The Morgan fingerprint density at radius 3 is 2.29 bits per heavy atom. The predicted molar refractivity (Wildman–Crippen MR) is 205 cm³/mol. The molecule has 4 aromatic carbocycles. The molecule has 1 atom stereocenters. The number of ether oxygens (including phenoxy) is 2. The van der Waals surface area contributed by atoms with E-state index in [1.165, 1.54) is 0 Å². The lowest BCUT2D eigenvalue weighted by atomic mass is 9.86. The van der Waals surface area contributed by atoms with E-state index in [-0.39, 0.29) is 5.41 Å². The van der Waals surface area contributed by atoms with Crippen LogP contribution in [-0.4, -0.2) is 46.1 Å². The highest BCUT2D eigenvalue weighted by molar-refractivity contribution is 7.92. The molecule has 13 heteroatoms. The zero-order chi connectivity index (χ0) is 37.0. The van der Waals surface area contributed by atoms with Gasteiger partial charge in [-0.15, -0.1) is 0 Å². The molecule has 0 aliphatic carbocycles. The van der Waals surface area contributed by atoms with E-state index in [0.717, 1.165) is 33.8 Å². The fraction of sp³-hybridized carbons (Fsp3) is 0.263. The van der Waals surface area contributed by atoms with Crippen LogP contribution in [0.25, 0.3) is 10.8 Å². The molecule has 0 saturated heterocycles. The van der Waals surface area contributed by atoms with Crippen LogP contribution in [0.1, 0.15) is 44.5 Å². The summed E-state index contributed by atoms with van der Waals surface area (Å²) in [5.41, 5.74) is 3.59. The van der Waals surface area contributed by atoms with Crippen LogP contribution in [0.5, 0.6) is 17.2 Å². The van der Waals surface area contributed by atoms with Gasteiger partial charge in [0.1, 0.15) is 17.2 Å². The number of sulfonamides is 1. The molecule has 51 heavy (non-hydrogen) atoms. The largest absolute Gasteiger partial charge is 0.496 e. The van der Waals surface area contributed by atoms with Crippen molar-refractivity contribution in [3.63, 3.8) is 0 Å². The van der Waals surface area contributed by atoms with Crippen molar-refractivity contribution in [2.75, 3.05) is 42.0 Å². The van der Waals surface area contributed by atoms with E-state index >= 15 is 0 Å². The highest BCUT2D eigenvalue weighted by Gasteiger charge is 2.24. The van der Waals surface area contributed by atoms with Crippen LogP contribution < -0.4 is 30.1 Å². The quantitative estimate of drug-likeness (QED) is 0.108. The molecule has 3 N–H and O–H groups in total. The van der Waals surface area contributed by atoms with Gasteiger partial charge in [-0.25, -0.2) is 13.2 Å². The van der Waals surface area contributed by atoms with Crippen LogP contribution in [0.4, 0.5) is 21.9 Å². The molecule has 5 aromatic rings. The fourth-order valence-corrected chi connectivity index (χ4v) is 7.67. The first-order chi connectivity index (χ1) is 24.0. The number of nitrogens with zero attached hydrogens (tertiary/aromatic N) is 1. The Morgan fingerprint density at radius 1 is 0.882 bits per heavy atom. The zero-order valence-corrected chi connectivity index (χ0v) is 31.4. The van der Waals surface area contributed by atoms with Crippen molar-refractivity contribution in [3.05, 3.63) is 108 Å². The van der Waals surface area contributed by atoms with Crippen molar-refractivity contribution < 1.29 is 31.8 Å². The number of pyridine rings is 1. The van der Waals surface area contributed by atoms with Crippen LogP contribution in [0.3, 0.4) is 0 Å². The maximum atomic E-state index is 13.3. The van der Waals surface area contributed by atoms with E-state index in [1.807, 2.05) is 69.3 Å². The minimum Gasteiger partial charge on any atom is -0.496 e. The van der Waals surface area contributed by atoms with E-state index in [0.29, 0.717) is 52.6 Å². The number of anilines is 3. The summed E-state index contributed by atoms with van der Waals surface area (Å²) < 4.78 is 56.8. The van der Waals surface area contributed by atoms with Gasteiger partial charge in [0.25, 0.3) is 0 Å². The van der Waals surface area contributed by atoms with Gasteiger partial charge in [-0.1, -0.05) is 51.1 Å². The molecule has 0 radical (unpaired) electrons. The summed E-state index contributed by atoms with van der Waals surface area (Å²) in [5, 5.41) is 7.85. The van der Waals surface area contributed by atoms with E-state index in [9.17, 15) is 17.8 Å². The van der Waals surface area contributed by atoms with Crippen LogP contribution in [0.2, 0.25) is 0 Å². The predicted octanol–water partition coefficient (Wildman–Crippen LogP) is 8.51. The highest BCUT2D eigenvalue weighted by Crippen LogP contribution is 2.44. The van der Waals surface area contributed by atoms with Crippen LogP contribution in [0.15, 0.2) is 91.1 Å². The Balaban J connectivity index is 1.34. The second-order valence-corrected chi connectivity index (χ2v) is 17.4. The molecule has 11 nitrogen and oxygen atoms in total. The van der Waals surface area contributed by atoms with Gasteiger partial charge in [-0.3, -0.25) is 14.3 Å². The Hall–Kier alpha value is -4.90. The van der Waals surface area contributed by atoms with Crippen molar-refractivity contribution in [2.45, 2.75) is 39.5 Å². The average Bonchev–Trinajstić information content (AvgIpc) is 3.04. The molecule has 0 saturated carbocycles. The third-order valence-corrected chi connectivity index (χ3v) is 10.6. The minimum atomic E-state index is -3.52.